The second kappa shape index (κ2) is 7.27. The van der Waals surface area contributed by atoms with Gasteiger partial charge in [0.25, 0.3) is 0 Å². The number of hydrogen-bond acceptors (Lipinski definition) is 3. The van der Waals surface area contributed by atoms with Gasteiger partial charge in [-0.2, -0.15) is 0 Å². The van der Waals surface area contributed by atoms with Gasteiger partial charge in [-0.3, -0.25) is 9.59 Å². The maximum atomic E-state index is 11.1. The van der Waals surface area contributed by atoms with Gasteiger partial charge in [0.05, 0.1) is 0 Å². The van der Waals surface area contributed by atoms with Crippen LogP contribution in [0.5, 0.6) is 0 Å². The highest BCUT2D eigenvalue weighted by atomic mass is 16.5. The van der Waals surface area contributed by atoms with Gasteiger partial charge in [-0.05, 0) is 31.6 Å². The highest BCUT2D eigenvalue weighted by Crippen LogP contribution is 2.21. The van der Waals surface area contributed by atoms with E-state index in [1.165, 1.54) is 6.92 Å². The molecule has 0 aromatic rings. The van der Waals surface area contributed by atoms with Crippen molar-refractivity contribution in [2.24, 2.45) is 5.92 Å². The lowest BCUT2D eigenvalue weighted by Gasteiger charge is -2.26. The molecule has 1 aliphatic heterocycles. The number of nitrogens with one attached hydrogen (secondary N) is 1. The van der Waals surface area contributed by atoms with Gasteiger partial charge in [-0.1, -0.05) is 0 Å². The van der Waals surface area contributed by atoms with Crippen molar-refractivity contribution in [2.45, 2.75) is 45.1 Å². The normalized spacial score (nSPS) is 18.6. The number of ether oxygens (including phenoxy) is 1. The molecule has 0 aliphatic carbocycles. The Bertz CT molecular complexity index is 261. The molecule has 0 aromatic heterocycles. The largest absolute Gasteiger partial charge is 0.481 e. The lowest BCUT2D eigenvalue weighted by atomic mass is 9.90. The molecule has 1 aliphatic rings. The first-order valence-electron chi connectivity index (χ1n) is 6.14. The summed E-state index contributed by atoms with van der Waals surface area (Å²) in [6.45, 7) is 3.02. The Morgan fingerprint density at radius 3 is 2.59 bits per heavy atom. The van der Waals surface area contributed by atoms with Crippen molar-refractivity contribution in [3.8, 4) is 0 Å². The zero-order chi connectivity index (χ0) is 12.7. The summed E-state index contributed by atoms with van der Waals surface area (Å²) in [5, 5.41) is 11.5. The summed E-state index contributed by atoms with van der Waals surface area (Å²) < 4.78 is 5.28. The van der Waals surface area contributed by atoms with E-state index in [-0.39, 0.29) is 18.4 Å². The van der Waals surface area contributed by atoms with E-state index in [0.29, 0.717) is 12.3 Å². The van der Waals surface area contributed by atoms with Crippen LogP contribution >= 0.6 is 0 Å². The van der Waals surface area contributed by atoms with E-state index < -0.39 is 5.97 Å². The van der Waals surface area contributed by atoms with E-state index in [2.05, 4.69) is 5.32 Å². The molecule has 5 nitrogen and oxygen atoms in total. The van der Waals surface area contributed by atoms with Crippen LogP contribution in [0.3, 0.4) is 0 Å². The molecule has 1 atom stereocenters. The fourth-order valence-corrected chi connectivity index (χ4v) is 2.22. The molecule has 0 bridgehead atoms. The first kappa shape index (κ1) is 14.0. The molecule has 1 fully saturated rings. The van der Waals surface area contributed by atoms with Gasteiger partial charge in [0.2, 0.25) is 5.91 Å². The quantitative estimate of drug-likeness (QED) is 0.734. The van der Waals surface area contributed by atoms with Gasteiger partial charge in [0.1, 0.15) is 0 Å². The zero-order valence-corrected chi connectivity index (χ0v) is 10.3. The molecule has 1 heterocycles. The van der Waals surface area contributed by atoms with Crippen LogP contribution in [0.15, 0.2) is 0 Å². The minimum Gasteiger partial charge on any atom is -0.481 e. The molecule has 0 spiro atoms. The van der Waals surface area contributed by atoms with Crippen LogP contribution in [0, 0.1) is 5.92 Å². The summed E-state index contributed by atoms with van der Waals surface area (Å²) in [4.78, 5) is 21.6. The molecular formula is C12H21NO4. The smallest absolute Gasteiger partial charge is 0.303 e. The second-order valence-electron chi connectivity index (χ2n) is 4.62. The van der Waals surface area contributed by atoms with Gasteiger partial charge in [0.15, 0.2) is 0 Å². The first-order valence-corrected chi connectivity index (χ1v) is 6.14. The number of carbonyl (C=O) groups excluding carboxylic acids is 1. The van der Waals surface area contributed by atoms with E-state index >= 15 is 0 Å². The van der Waals surface area contributed by atoms with Crippen molar-refractivity contribution in [3.05, 3.63) is 0 Å². The average molecular weight is 243 g/mol. The number of rotatable bonds is 6. The van der Waals surface area contributed by atoms with Crippen molar-refractivity contribution in [1.82, 2.24) is 5.32 Å². The van der Waals surface area contributed by atoms with Crippen LogP contribution < -0.4 is 5.32 Å². The summed E-state index contributed by atoms with van der Waals surface area (Å²) in [5.74, 6) is -0.367. The van der Waals surface area contributed by atoms with Gasteiger partial charge in [-0.15, -0.1) is 0 Å². The van der Waals surface area contributed by atoms with Gasteiger partial charge >= 0.3 is 5.97 Å². The van der Waals surface area contributed by atoms with E-state index in [1.54, 1.807) is 0 Å². The number of aliphatic carboxylic acids is 1. The van der Waals surface area contributed by atoms with Crippen molar-refractivity contribution in [2.75, 3.05) is 13.2 Å². The summed E-state index contributed by atoms with van der Waals surface area (Å²) in [5.41, 5.74) is 0. The first-order chi connectivity index (χ1) is 8.08. The lowest BCUT2D eigenvalue weighted by Crippen LogP contribution is -2.36. The Kier molecular flexibility index (Phi) is 5.97. The summed E-state index contributed by atoms with van der Waals surface area (Å²) in [6, 6.07) is -0.0216. The number of hydrogen-bond donors (Lipinski definition) is 2. The number of carbonyl (C=O) groups is 2. The summed E-state index contributed by atoms with van der Waals surface area (Å²) in [7, 11) is 0. The fourth-order valence-electron chi connectivity index (χ4n) is 2.22. The van der Waals surface area contributed by atoms with E-state index in [9.17, 15) is 9.59 Å². The lowest BCUT2D eigenvalue weighted by molar-refractivity contribution is -0.137. The molecular weight excluding hydrogens is 222 g/mol. The van der Waals surface area contributed by atoms with E-state index in [0.717, 1.165) is 32.5 Å². The van der Waals surface area contributed by atoms with Crippen LogP contribution in [-0.4, -0.2) is 36.2 Å². The van der Waals surface area contributed by atoms with E-state index in [1.807, 2.05) is 0 Å². The molecule has 0 saturated carbocycles. The van der Waals surface area contributed by atoms with Crippen molar-refractivity contribution in [1.29, 1.82) is 0 Å². The SMILES string of the molecule is CC(=O)NC(CCC(=O)O)CC1CCOCC1. The molecule has 1 saturated heterocycles. The highest BCUT2D eigenvalue weighted by molar-refractivity contribution is 5.73. The van der Waals surface area contributed by atoms with Gasteiger partial charge in [0, 0.05) is 32.6 Å². The topological polar surface area (TPSA) is 75.6 Å². The Morgan fingerprint density at radius 2 is 2.06 bits per heavy atom. The molecule has 1 unspecified atom stereocenters. The maximum absolute atomic E-state index is 11.1. The molecule has 2 N–H and O–H groups in total. The Labute approximate surface area is 102 Å². The number of carboxylic acid groups (broad SMARTS) is 1. The summed E-state index contributed by atoms with van der Waals surface area (Å²) in [6.07, 6.45) is 3.48. The zero-order valence-electron chi connectivity index (χ0n) is 10.3. The second-order valence-corrected chi connectivity index (χ2v) is 4.62. The fraction of sp³-hybridized carbons (Fsp3) is 0.833. The minimum atomic E-state index is -0.813. The molecule has 98 valence electrons. The van der Waals surface area contributed by atoms with Gasteiger partial charge < -0.3 is 15.2 Å². The Balaban J connectivity index is 2.37. The predicted molar refractivity (Wildman–Crippen MR) is 62.6 cm³/mol. The standard InChI is InChI=1S/C12H21NO4/c1-9(14)13-11(2-3-12(15)16)8-10-4-6-17-7-5-10/h10-11H,2-8H2,1H3,(H,13,14)(H,15,16). The molecule has 1 rings (SSSR count). The van der Waals surface area contributed by atoms with Crippen molar-refractivity contribution >= 4 is 11.9 Å². The van der Waals surface area contributed by atoms with Crippen LogP contribution in [0.4, 0.5) is 0 Å². The third kappa shape index (κ3) is 6.26. The van der Waals surface area contributed by atoms with Crippen molar-refractivity contribution in [3.63, 3.8) is 0 Å². The van der Waals surface area contributed by atoms with Crippen LogP contribution in [-0.2, 0) is 14.3 Å². The average Bonchev–Trinajstić information content (AvgIpc) is 2.26. The number of carboxylic acids is 1. The molecule has 17 heavy (non-hydrogen) atoms. The predicted octanol–water partition coefficient (Wildman–Crippen LogP) is 1.17. The summed E-state index contributed by atoms with van der Waals surface area (Å²) >= 11 is 0. The molecule has 0 radical (unpaired) electrons. The van der Waals surface area contributed by atoms with Crippen LogP contribution in [0.1, 0.15) is 39.0 Å². The van der Waals surface area contributed by atoms with E-state index in [4.69, 9.17) is 9.84 Å². The Hall–Kier alpha value is -1.10. The molecule has 5 heteroatoms. The van der Waals surface area contributed by atoms with Crippen LogP contribution in [0.2, 0.25) is 0 Å². The minimum absolute atomic E-state index is 0.0216. The third-order valence-electron chi connectivity index (χ3n) is 3.07. The molecule has 0 aromatic carbocycles. The van der Waals surface area contributed by atoms with Crippen LogP contribution in [0.25, 0.3) is 0 Å². The Morgan fingerprint density at radius 1 is 1.41 bits per heavy atom. The monoisotopic (exact) mass is 243 g/mol. The third-order valence-corrected chi connectivity index (χ3v) is 3.07. The number of amides is 1. The van der Waals surface area contributed by atoms with Crippen molar-refractivity contribution < 1.29 is 19.4 Å². The van der Waals surface area contributed by atoms with Gasteiger partial charge in [-0.25, -0.2) is 0 Å². The maximum Gasteiger partial charge on any atom is 0.303 e. The highest BCUT2D eigenvalue weighted by Gasteiger charge is 2.20. The molecule has 1 amide bonds.